The Morgan fingerprint density at radius 1 is 1.10 bits per heavy atom. The molecule has 0 aliphatic carbocycles. The first-order valence-corrected chi connectivity index (χ1v) is 11.3. The number of likely N-dealkylation sites (tertiary alicyclic amines) is 2. The van der Waals surface area contributed by atoms with Gasteiger partial charge in [0.25, 0.3) is 5.91 Å². The molecule has 2 aliphatic heterocycles. The van der Waals surface area contributed by atoms with Crippen LogP contribution in [-0.4, -0.2) is 45.6 Å². The van der Waals surface area contributed by atoms with Crippen LogP contribution in [0.25, 0.3) is 0 Å². The quantitative estimate of drug-likeness (QED) is 0.717. The average Bonchev–Trinajstić information content (AvgIpc) is 3.31. The predicted octanol–water partition coefficient (Wildman–Crippen LogP) is 3.28. The molecule has 2 fully saturated rings. The number of rotatable bonds is 6. The lowest BCUT2D eigenvalue weighted by molar-refractivity contribution is -0.139. The van der Waals surface area contributed by atoms with Gasteiger partial charge in [0.2, 0.25) is 11.8 Å². The fraction of sp³-hybridized carbons (Fsp3) is 0.455. The molecule has 2 aromatic rings. The molecule has 8 heteroatoms. The lowest BCUT2D eigenvalue weighted by atomic mass is 9.99. The molecular weight excluding hydrogens is 400 g/mol. The number of imide groups is 1. The Bertz CT molecular complexity index is 916. The maximum absolute atomic E-state index is 12.5. The molecule has 1 aromatic heterocycles. The van der Waals surface area contributed by atoms with Crippen molar-refractivity contribution >= 4 is 34.2 Å². The van der Waals surface area contributed by atoms with Crippen LogP contribution in [0.3, 0.4) is 0 Å². The molecule has 3 amide bonds. The normalized spacial score (nSPS) is 18.2. The summed E-state index contributed by atoms with van der Waals surface area (Å²) in [5.74, 6) is 0.303. The Morgan fingerprint density at radius 3 is 2.43 bits per heavy atom. The smallest absolute Gasteiger partial charge is 0.257 e. The number of hydrogen-bond acceptors (Lipinski definition) is 6. The van der Waals surface area contributed by atoms with Crippen molar-refractivity contribution in [1.82, 2.24) is 14.8 Å². The molecule has 0 radical (unpaired) electrons. The van der Waals surface area contributed by atoms with Gasteiger partial charge in [-0.05, 0) is 49.5 Å². The molecule has 30 heavy (non-hydrogen) atoms. The topological polar surface area (TPSA) is 82.6 Å². The number of aromatic nitrogens is 1. The fourth-order valence-corrected chi connectivity index (χ4v) is 4.50. The molecule has 1 aromatic carbocycles. The summed E-state index contributed by atoms with van der Waals surface area (Å²) in [6.07, 6.45) is 3.02. The van der Waals surface area contributed by atoms with Gasteiger partial charge in [-0.2, -0.15) is 0 Å². The summed E-state index contributed by atoms with van der Waals surface area (Å²) < 4.78 is 0. The average molecular weight is 427 g/mol. The zero-order chi connectivity index (χ0) is 21.1. The first kappa shape index (κ1) is 20.7. The summed E-state index contributed by atoms with van der Waals surface area (Å²) >= 11 is 1.44. The van der Waals surface area contributed by atoms with Crippen molar-refractivity contribution in [2.45, 2.75) is 45.7 Å². The summed E-state index contributed by atoms with van der Waals surface area (Å²) in [6, 6.07) is 6.97. The van der Waals surface area contributed by atoms with E-state index in [0.29, 0.717) is 10.7 Å². The highest BCUT2D eigenvalue weighted by Gasteiger charge is 2.28. The van der Waals surface area contributed by atoms with E-state index in [1.54, 1.807) is 24.3 Å². The molecule has 7 nitrogen and oxygen atoms in total. The molecular formula is C22H26N4O3S. The Kier molecular flexibility index (Phi) is 6.24. The third kappa shape index (κ3) is 4.94. The molecule has 4 rings (SSSR count). The molecule has 2 saturated heterocycles. The number of piperidine rings is 1. The standard InChI is InChI=1S/C22H26N4O3S/c1-15-8-10-25(11-9-15)13-18-14-30-22(23-18)24-21(29)17-4-2-16(3-5-17)12-26-19(27)6-7-20(26)28/h2-5,14-15H,6-13H2,1H3,(H,23,24,29). The van der Waals surface area contributed by atoms with E-state index in [-0.39, 0.29) is 37.1 Å². The van der Waals surface area contributed by atoms with Crippen LogP contribution in [-0.2, 0) is 22.7 Å². The van der Waals surface area contributed by atoms with Crippen LogP contribution in [0.4, 0.5) is 5.13 Å². The van der Waals surface area contributed by atoms with Crippen molar-refractivity contribution in [2.75, 3.05) is 18.4 Å². The van der Waals surface area contributed by atoms with Crippen molar-refractivity contribution in [2.24, 2.45) is 5.92 Å². The van der Waals surface area contributed by atoms with Gasteiger partial charge in [0.15, 0.2) is 5.13 Å². The minimum Gasteiger partial charge on any atom is -0.298 e. The van der Waals surface area contributed by atoms with Crippen LogP contribution >= 0.6 is 11.3 Å². The van der Waals surface area contributed by atoms with E-state index < -0.39 is 0 Å². The van der Waals surface area contributed by atoms with Crippen LogP contribution in [0, 0.1) is 5.92 Å². The van der Waals surface area contributed by atoms with E-state index in [2.05, 4.69) is 22.1 Å². The van der Waals surface area contributed by atoms with Gasteiger partial charge in [-0.1, -0.05) is 19.1 Å². The Balaban J connectivity index is 1.31. The minimum absolute atomic E-state index is 0.138. The fourth-order valence-electron chi connectivity index (χ4n) is 3.80. The summed E-state index contributed by atoms with van der Waals surface area (Å²) in [5, 5.41) is 5.46. The first-order chi connectivity index (χ1) is 14.5. The summed E-state index contributed by atoms with van der Waals surface area (Å²) in [6.45, 7) is 5.57. The van der Waals surface area contributed by atoms with Crippen LogP contribution in [0.5, 0.6) is 0 Å². The van der Waals surface area contributed by atoms with Crippen LogP contribution in [0.15, 0.2) is 29.6 Å². The highest BCUT2D eigenvalue weighted by molar-refractivity contribution is 7.14. The lowest BCUT2D eigenvalue weighted by Gasteiger charge is -2.29. The van der Waals surface area contributed by atoms with Crippen LogP contribution in [0.2, 0.25) is 0 Å². The third-order valence-corrected chi connectivity index (χ3v) is 6.55. The van der Waals surface area contributed by atoms with E-state index in [0.717, 1.165) is 36.8 Å². The summed E-state index contributed by atoms with van der Waals surface area (Å²) in [7, 11) is 0. The van der Waals surface area contributed by atoms with Gasteiger partial charge in [-0.15, -0.1) is 11.3 Å². The van der Waals surface area contributed by atoms with E-state index in [4.69, 9.17) is 0 Å². The number of nitrogens with one attached hydrogen (secondary N) is 1. The molecule has 0 unspecified atom stereocenters. The van der Waals surface area contributed by atoms with Gasteiger partial charge in [0.05, 0.1) is 12.2 Å². The van der Waals surface area contributed by atoms with Gasteiger partial charge >= 0.3 is 0 Å². The molecule has 158 valence electrons. The van der Waals surface area contributed by atoms with Crippen molar-refractivity contribution in [3.8, 4) is 0 Å². The summed E-state index contributed by atoms with van der Waals surface area (Å²) in [5.41, 5.74) is 2.32. The second-order valence-corrected chi connectivity index (χ2v) is 8.99. The number of anilines is 1. The highest BCUT2D eigenvalue weighted by atomic mass is 32.1. The monoisotopic (exact) mass is 426 g/mol. The molecule has 2 aliphatic rings. The second kappa shape index (κ2) is 9.06. The SMILES string of the molecule is CC1CCN(Cc2csc(NC(=O)c3ccc(CN4C(=O)CCC4=O)cc3)n2)CC1. The van der Waals surface area contributed by atoms with Gasteiger partial charge in [-0.3, -0.25) is 29.5 Å². The third-order valence-electron chi connectivity index (χ3n) is 5.75. The maximum atomic E-state index is 12.5. The number of hydrogen-bond donors (Lipinski definition) is 1. The Hall–Kier alpha value is -2.58. The van der Waals surface area contributed by atoms with Crippen molar-refractivity contribution in [3.05, 3.63) is 46.5 Å². The van der Waals surface area contributed by atoms with Crippen molar-refractivity contribution < 1.29 is 14.4 Å². The Labute approximate surface area is 180 Å². The van der Waals surface area contributed by atoms with Crippen molar-refractivity contribution in [3.63, 3.8) is 0 Å². The van der Waals surface area contributed by atoms with E-state index >= 15 is 0 Å². The maximum Gasteiger partial charge on any atom is 0.257 e. The number of carbonyl (C=O) groups excluding carboxylic acids is 3. The number of nitrogens with zero attached hydrogens (tertiary/aromatic N) is 3. The lowest BCUT2D eigenvalue weighted by Crippen LogP contribution is -2.32. The van der Waals surface area contributed by atoms with Crippen LogP contribution < -0.4 is 5.32 Å². The zero-order valence-electron chi connectivity index (χ0n) is 17.1. The number of thiazole rings is 1. The van der Waals surface area contributed by atoms with Gasteiger partial charge < -0.3 is 0 Å². The molecule has 0 saturated carbocycles. The first-order valence-electron chi connectivity index (χ1n) is 10.4. The number of amides is 3. The second-order valence-electron chi connectivity index (χ2n) is 8.13. The Morgan fingerprint density at radius 2 is 1.77 bits per heavy atom. The number of benzene rings is 1. The molecule has 0 atom stereocenters. The predicted molar refractivity (Wildman–Crippen MR) is 115 cm³/mol. The molecule has 3 heterocycles. The molecule has 0 bridgehead atoms. The van der Waals surface area contributed by atoms with Gasteiger partial charge in [0.1, 0.15) is 0 Å². The van der Waals surface area contributed by atoms with Crippen LogP contribution in [0.1, 0.15) is 54.2 Å². The van der Waals surface area contributed by atoms with Gasteiger partial charge in [-0.25, -0.2) is 4.98 Å². The summed E-state index contributed by atoms with van der Waals surface area (Å²) in [4.78, 5) is 44.3. The largest absolute Gasteiger partial charge is 0.298 e. The molecule has 1 N–H and O–H groups in total. The molecule has 0 spiro atoms. The van der Waals surface area contributed by atoms with E-state index in [1.807, 2.05) is 5.38 Å². The van der Waals surface area contributed by atoms with Gasteiger partial charge in [0, 0.05) is 30.3 Å². The van der Waals surface area contributed by atoms with Crippen molar-refractivity contribution in [1.29, 1.82) is 0 Å². The minimum atomic E-state index is -0.220. The number of carbonyl (C=O) groups is 3. The highest BCUT2D eigenvalue weighted by Crippen LogP contribution is 2.22. The van der Waals surface area contributed by atoms with E-state index in [1.165, 1.54) is 29.1 Å². The van der Waals surface area contributed by atoms with E-state index in [9.17, 15) is 14.4 Å². The zero-order valence-corrected chi connectivity index (χ0v) is 17.9.